The molecule has 0 aliphatic heterocycles. The second-order valence-corrected chi connectivity index (χ2v) is 6.93. The Morgan fingerprint density at radius 3 is 3.04 bits per heavy atom. The van der Waals surface area contributed by atoms with Gasteiger partial charge in [0.15, 0.2) is 0 Å². The molecule has 0 spiro atoms. The molecule has 0 saturated carbocycles. The van der Waals surface area contributed by atoms with Crippen molar-refractivity contribution in [2.75, 3.05) is 11.1 Å². The van der Waals surface area contributed by atoms with Crippen LogP contribution in [-0.2, 0) is 4.79 Å². The molecule has 0 atom stereocenters. The van der Waals surface area contributed by atoms with Gasteiger partial charge in [0, 0.05) is 0 Å². The van der Waals surface area contributed by atoms with E-state index in [-0.39, 0.29) is 17.3 Å². The number of aromatic nitrogens is 3. The third-order valence-corrected chi connectivity index (χ3v) is 5.31. The number of carbonyl (C=O) groups excluding carboxylic acids is 1. The lowest BCUT2D eigenvalue weighted by atomic mass is 10.3. The monoisotopic (exact) mass is 358 g/mol. The molecule has 0 unspecified atom stereocenters. The van der Waals surface area contributed by atoms with E-state index < -0.39 is 5.82 Å². The van der Waals surface area contributed by atoms with Crippen molar-refractivity contribution >= 4 is 50.4 Å². The molecule has 0 fully saturated rings. The van der Waals surface area contributed by atoms with Crippen LogP contribution in [0.25, 0.3) is 15.7 Å². The number of nitrogens with one attached hydrogen (secondary N) is 1. The Morgan fingerprint density at radius 1 is 1.29 bits per heavy atom. The molecule has 24 heavy (non-hydrogen) atoms. The maximum atomic E-state index is 13.6. The van der Waals surface area contributed by atoms with Crippen molar-refractivity contribution < 1.29 is 9.18 Å². The number of hydrogen-bond acceptors (Lipinski definition) is 5. The number of nitrogens with zero attached hydrogens (tertiary/aromatic N) is 3. The van der Waals surface area contributed by atoms with Crippen LogP contribution in [0.15, 0.2) is 53.1 Å². The predicted molar refractivity (Wildman–Crippen MR) is 94.1 cm³/mol. The van der Waals surface area contributed by atoms with Gasteiger partial charge in [-0.3, -0.25) is 9.20 Å². The molecule has 3 aromatic heterocycles. The molecule has 0 aliphatic carbocycles. The van der Waals surface area contributed by atoms with E-state index in [2.05, 4.69) is 15.5 Å². The highest BCUT2D eigenvalue weighted by Gasteiger charge is 2.12. The standard InChI is InChI=1S/C16H11FN4OS2/c17-10-3-1-2-4-11(10)19-15(22)8-24-16-13-7-14-12(5-6-23-14)21(13)9-18-20-16/h1-7,9H,8H2,(H,19,22). The highest BCUT2D eigenvalue weighted by atomic mass is 32.2. The lowest BCUT2D eigenvalue weighted by molar-refractivity contribution is -0.113. The smallest absolute Gasteiger partial charge is 0.234 e. The number of benzene rings is 1. The van der Waals surface area contributed by atoms with Crippen LogP contribution in [-0.4, -0.2) is 26.3 Å². The molecule has 0 bridgehead atoms. The van der Waals surface area contributed by atoms with Crippen LogP contribution in [0, 0.1) is 5.82 Å². The number of thiophene rings is 1. The third kappa shape index (κ3) is 2.74. The van der Waals surface area contributed by atoms with Gasteiger partial charge < -0.3 is 5.32 Å². The Labute approximate surface area is 144 Å². The van der Waals surface area contributed by atoms with Crippen LogP contribution < -0.4 is 5.32 Å². The Bertz CT molecular complexity index is 1040. The topological polar surface area (TPSA) is 59.3 Å². The fourth-order valence-electron chi connectivity index (χ4n) is 2.40. The molecule has 8 heteroatoms. The number of fused-ring (bicyclic) bond motifs is 3. The van der Waals surface area contributed by atoms with Gasteiger partial charge >= 0.3 is 0 Å². The summed E-state index contributed by atoms with van der Waals surface area (Å²) in [6.45, 7) is 0. The van der Waals surface area contributed by atoms with Crippen LogP contribution in [0.4, 0.5) is 10.1 Å². The number of para-hydroxylation sites is 1. The second-order valence-electron chi connectivity index (χ2n) is 5.02. The molecule has 1 N–H and O–H groups in total. The van der Waals surface area contributed by atoms with E-state index in [0.717, 1.165) is 15.7 Å². The van der Waals surface area contributed by atoms with E-state index in [4.69, 9.17) is 0 Å². The zero-order valence-electron chi connectivity index (χ0n) is 12.3. The molecule has 1 amide bonds. The molecule has 0 aliphatic rings. The van der Waals surface area contributed by atoms with E-state index in [1.54, 1.807) is 29.8 Å². The number of halogens is 1. The number of carbonyl (C=O) groups is 1. The molecule has 120 valence electrons. The minimum Gasteiger partial charge on any atom is -0.323 e. The SMILES string of the molecule is O=C(CSc1nncn2c1cc1sccc12)Nc1ccccc1F. The second kappa shape index (κ2) is 6.21. The first-order chi connectivity index (χ1) is 11.7. The largest absolute Gasteiger partial charge is 0.323 e. The predicted octanol–water partition coefficient (Wildman–Crippen LogP) is 3.81. The summed E-state index contributed by atoms with van der Waals surface area (Å²) < 4.78 is 16.7. The van der Waals surface area contributed by atoms with Gasteiger partial charge in [0.2, 0.25) is 5.91 Å². The van der Waals surface area contributed by atoms with Gasteiger partial charge in [-0.1, -0.05) is 23.9 Å². The molecule has 3 heterocycles. The average molecular weight is 358 g/mol. The fraction of sp³-hybridized carbons (Fsp3) is 0.0625. The van der Waals surface area contributed by atoms with Crippen LogP contribution in [0.2, 0.25) is 0 Å². The Kier molecular flexibility index (Phi) is 3.91. The molecular formula is C16H11FN4OS2. The van der Waals surface area contributed by atoms with E-state index in [0.29, 0.717) is 5.03 Å². The van der Waals surface area contributed by atoms with Crippen molar-refractivity contribution in [3.63, 3.8) is 0 Å². The Balaban J connectivity index is 1.52. The number of hydrogen-bond donors (Lipinski definition) is 1. The van der Waals surface area contributed by atoms with E-state index in [1.807, 2.05) is 21.9 Å². The third-order valence-electron chi connectivity index (χ3n) is 3.48. The van der Waals surface area contributed by atoms with Crippen LogP contribution in [0.5, 0.6) is 0 Å². The number of amides is 1. The summed E-state index contributed by atoms with van der Waals surface area (Å²) in [5.41, 5.74) is 2.16. The number of thioether (sulfide) groups is 1. The lowest BCUT2D eigenvalue weighted by Crippen LogP contribution is -2.15. The van der Waals surface area contributed by atoms with Gasteiger partial charge in [-0.2, -0.15) is 0 Å². The Morgan fingerprint density at radius 2 is 2.17 bits per heavy atom. The van der Waals surface area contributed by atoms with Gasteiger partial charge in [0.05, 0.1) is 27.2 Å². The van der Waals surface area contributed by atoms with Gasteiger partial charge in [0.25, 0.3) is 0 Å². The van der Waals surface area contributed by atoms with E-state index in [1.165, 1.54) is 23.9 Å². The van der Waals surface area contributed by atoms with Gasteiger partial charge in [-0.05, 0) is 29.6 Å². The summed E-state index contributed by atoms with van der Waals surface area (Å²) in [6, 6.07) is 10.1. The fourth-order valence-corrected chi connectivity index (χ4v) is 3.96. The average Bonchev–Trinajstić information content (AvgIpc) is 3.16. The first kappa shape index (κ1) is 15.1. The lowest BCUT2D eigenvalue weighted by Gasteiger charge is -2.06. The van der Waals surface area contributed by atoms with Crippen molar-refractivity contribution in [3.05, 3.63) is 53.9 Å². The summed E-state index contributed by atoms with van der Waals surface area (Å²) in [4.78, 5) is 12.0. The zero-order chi connectivity index (χ0) is 16.5. The number of anilines is 1. The van der Waals surface area contributed by atoms with Gasteiger partial charge in [0.1, 0.15) is 17.2 Å². The minimum absolute atomic E-state index is 0.127. The van der Waals surface area contributed by atoms with Crippen molar-refractivity contribution in [1.29, 1.82) is 0 Å². The van der Waals surface area contributed by atoms with Gasteiger partial charge in [-0.25, -0.2) is 4.39 Å². The minimum atomic E-state index is -0.454. The molecule has 4 aromatic rings. The van der Waals surface area contributed by atoms with Crippen molar-refractivity contribution in [1.82, 2.24) is 14.6 Å². The van der Waals surface area contributed by atoms with E-state index >= 15 is 0 Å². The quantitative estimate of drug-likeness (QED) is 0.564. The van der Waals surface area contributed by atoms with Gasteiger partial charge in [-0.15, -0.1) is 21.5 Å². The molecule has 0 radical (unpaired) electrons. The molecule has 1 aromatic carbocycles. The van der Waals surface area contributed by atoms with Crippen molar-refractivity contribution in [3.8, 4) is 0 Å². The van der Waals surface area contributed by atoms with Crippen molar-refractivity contribution in [2.24, 2.45) is 0 Å². The maximum absolute atomic E-state index is 13.6. The summed E-state index contributed by atoms with van der Waals surface area (Å²) in [6.07, 6.45) is 1.66. The molecule has 4 rings (SSSR count). The summed E-state index contributed by atoms with van der Waals surface area (Å²) in [7, 11) is 0. The van der Waals surface area contributed by atoms with Crippen LogP contribution in [0.1, 0.15) is 0 Å². The highest BCUT2D eigenvalue weighted by Crippen LogP contribution is 2.29. The molecule has 5 nitrogen and oxygen atoms in total. The maximum Gasteiger partial charge on any atom is 0.234 e. The number of rotatable bonds is 4. The molecular weight excluding hydrogens is 347 g/mol. The summed E-state index contributed by atoms with van der Waals surface area (Å²) in [5, 5.41) is 13.4. The first-order valence-corrected chi connectivity index (χ1v) is 8.96. The normalized spacial score (nSPS) is 11.2. The van der Waals surface area contributed by atoms with Crippen LogP contribution in [0.3, 0.4) is 0 Å². The van der Waals surface area contributed by atoms with E-state index in [9.17, 15) is 9.18 Å². The van der Waals surface area contributed by atoms with Crippen molar-refractivity contribution in [2.45, 2.75) is 5.03 Å². The molecule has 0 saturated heterocycles. The summed E-state index contributed by atoms with van der Waals surface area (Å²) in [5.74, 6) is -0.617. The Hall–Kier alpha value is -2.45. The first-order valence-electron chi connectivity index (χ1n) is 7.09. The summed E-state index contributed by atoms with van der Waals surface area (Å²) >= 11 is 2.92. The highest BCUT2D eigenvalue weighted by molar-refractivity contribution is 8.00. The van der Waals surface area contributed by atoms with Crippen LogP contribution >= 0.6 is 23.1 Å². The zero-order valence-corrected chi connectivity index (χ0v) is 13.9.